The number of rotatable bonds is 0. The van der Waals surface area contributed by atoms with Crippen LogP contribution in [0.15, 0.2) is 42.5 Å². The van der Waals surface area contributed by atoms with E-state index in [-0.39, 0.29) is 45.4 Å². The van der Waals surface area contributed by atoms with Crippen molar-refractivity contribution in [3.05, 3.63) is 56.1 Å². The summed E-state index contributed by atoms with van der Waals surface area (Å²) in [5, 5.41) is 20.0. The van der Waals surface area contributed by atoms with Crippen molar-refractivity contribution in [3.63, 3.8) is 0 Å². The Morgan fingerprint density at radius 2 is 1.44 bits per heavy atom. The van der Waals surface area contributed by atoms with E-state index in [1.54, 1.807) is 18.2 Å². The first kappa shape index (κ1) is 18.4. The number of phenols is 1. The smallest absolute Gasteiger partial charge is 0.870 e. The maximum Gasteiger partial charge on any atom is 1.00 e. The van der Waals surface area contributed by atoms with Gasteiger partial charge in [0.15, 0.2) is 0 Å². The fraction of sp³-hybridized carbons (Fsp3) is 0. The maximum atomic E-state index is 10.7. The summed E-state index contributed by atoms with van der Waals surface area (Å²) < 4.78 is 0.894. The normalized spacial score (nSPS) is 8.83. The van der Waals surface area contributed by atoms with Gasteiger partial charge in [-0.15, -0.1) is 0 Å². The molecular formula is C12H8Cl2INaO2. The molecule has 0 saturated carbocycles. The number of para-hydroxylation sites is 2. The summed E-state index contributed by atoms with van der Waals surface area (Å²) >= 11 is 12.9. The van der Waals surface area contributed by atoms with Gasteiger partial charge in [-0.3, -0.25) is 0 Å². The molecule has 6 heteroatoms. The van der Waals surface area contributed by atoms with Crippen LogP contribution in [0.4, 0.5) is 0 Å². The zero-order valence-electron chi connectivity index (χ0n) is 9.53. The maximum absolute atomic E-state index is 10.7. The van der Waals surface area contributed by atoms with Gasteiger partial charge in [-0.05, 0) is 46.9 Å². The Bertz CT molecular complexity index is 468. The number of phenolic OH excluding ortho intramolecular Hbond substituents is 1. The molecule has 0 heterocycles. The Balaban J connectivity index is 0.000000306. The fourth-order valence-corrected chi connectivity index (χ4v) is 1.72. The van der Waals surface area contributed by atoms with Crippen molar-refractivity contribution in [1.82, 2.24) is 0 Å². The third-order valence-corrected chi connectivity index (χ3v) is 3.28. The second-order valence-electron chi connectivity index (χ2n) is 3.00. The molecule has 0 spiro atoms. The van der Waals surface area contributed by atoms with E-state index in [0.29, 0.717) is 5.75 Å². The third-order valence-electron chi connectivity index (χ3n) is 1.77. The van der Waals surface area contributed by atoms with Crippen LogP contribution in [0, 0.1) is 3.57 Å². The van der Waals surface area contributed by atoms with E-state index < -0.39 is 0 Å². The molecule has 0 aliphatic rings. The van der Waals surface area contributed by atoms with Crippen LogP contribution in [0.25, 0.3) is 0 Å². The second kappa shape index (κ2) is 9.28. The molecule has 18 heavy (non-hydrogen) atoms. The van der Waals surface area contributed by atoms with Gasteiger partial charge in [-0.2, -0.15) is 0 Å². The van der Waals surface area contributed by atoms with E-state index >= 15 is 0 Å². The van der Waals surface area contributed by atoms with Crippen molar-refractivity contribution >= 4 is 45.8 Å². The van der Waals surface area contributed by atoms with Crippen LogP contribution in [0.2, 0.25) is 10.0 Å². The predicted octanol–water partition coefficient (Wildman–Crippen LogP) is 1.07. The molecule has 0 aromatic heterocycles. The zero-order valence-corrected chi connectivity index (χ0v) is 15.2. The molecule has 0 bridgehead atoms. The summed E-state index contributed by atoms with van der Waals surface area (Å²) in [5.74, 6) is 0.0499. The Labute approximate surface area is 151 Å². The molecule has 0 atom stereocenters. The molecule has 0 saturated heterocycles. The van der Waals surface area contributed by atoms with Gasteiger partial charge >= 0.3 is 29.6 Å². The van der Waals surface area contributed by atoms with Crippen molar-refractivity contribution in [2.24, 2.45) is 0 Å². The first-order chi connectivity index (χ1) is 8.02. The largest absolute Gasteiger partial charge is 1.00 e. The molecule has 90 valence electrons. The fourth-order valence-electron chi connectivity index (χ4n) is 0.934. The average molecular weight is 405 g/mol. The van der Waals surface area contributed by atoms with Gasteiger partial charge < -0.3 is 10.2 Å². The van der Waals surface area contributed by atoms with Crippen LogP contribution in [-0.2, 0) is 0 Å². The van der Waals surface area contributed by atoms with Crippen molar-refractivity contribution in [1.29, 1.82) is 0 Å². The van der Waals surface area contributed by atoms with Crippen LogP contribution in [0.1, 0.15) is 0 Å². The van der Waals surface area contributed by atoms with E-state index in [4.69, 9.17) is 28.3 Å². The first-order valence-electron chi connectivity index (χ1n) is 4.57. The van der Waals surface area contributed by atoms with Crippen molar-refractivity contribution in [2.45, 2.75) is 0 Å². The van der Waals surface area contributed by atoms with Gasteiger partial charge in [0.1, 0.15) is 5.75 Å². The van der Waals surface area contributed by atoms with E-state index in [1.807, 2.05) is 12.1 Å². The minimum atomic E-state index is -0.305. The Kier molecular flexibility index (Phi) is 9.47. The molecule has 1 N–H and O–H groups in total. The monoisotopic (exact) mass is 404 g/mol. The van der Waals surface area contributed by atoms with Crippen LogP contribution < -0.4 is 34.7 Å². The summed E-state index contributed by atoms with van der Waals surface area (Å²) in [4.78, 5) is 0. The van der Waals surface area contributed by atoms with Crippen molar-refractivity contribution in [2.75, 3.05) is 0 Å². The molecule has 2 nitrogen and oxygen atoms in total. The third kappa shape index (κ3) is 5.99. The molecule has 2 aromatic carbocycles. The van der Waals surface area contributed by atoms with Crippen LogP contribution in [0.5, 0.6) is 11.5 Å². The number of halogens is 3. The van der Waals surface area contributed by atoms with Crippen molar-refractivity contribution < 1.29 is 39.8 Å². The standard InChI is InChI=1S/C6H4Cl2O.C6H5IO.Na/c7-4-2-1-3-5(8)6(4)9;7-5-3-1-2-4-6(5)8;/h1-3,9H;1-4,8H;/q;;+1/p-1. The molecule has 0 amide bonds. The molecule has 2 aromatic rings. The summed E-state index contributed by atoms with van der Waals surface area (Å²) in [7, 11) is 0. The Morgan fingerprint density at radius 3 is 1.78 bits per heavy atom. The molecule has 2 rings (SSSR count). The van der Waals surface area contributed by atoms with Gasteiger partial charge in [-0.1, -0.05) is 47.2 Å². The predicted molar refractivity (Wildman–Crippen MR) is 76.7 cm³/mol. The Hall–Kier alpha value is 0.350. The summed E-state index contributed by atoms with van der Waals surface area (Å²) in [6.07, 6.45) is 0. The van der Waals surface area contributed by atoms with E-state index in [2.05, 4.69) is 22.6 Å². The summed E-state index contributed by atoms with van der Waals surface area (Å²) in [6.45, 7) is 0. The van der Waals surface area contributed by atoms with Crippen molar-refractivity contribution in [3.8, 4) is 11.5 Å². The van der Waals surface area contributed by atoms with E-state index in [1.165, 1.54) is 12.1 Å². The topological polar surface area (TPSA) is 43.3 Å². The zero-order chi connectivity index (χ0) is 12.8. The molecule has 0 fully saturated rings. The summed E-state index contributed by atoms with van der Waals surface area (Å²) in [5.41, 5.74) is 0. The molecule has 0 unspecified atom stereocenters. The van der Waals surface area contributed by atoms with Crippen LogP contribution >= 0.6 is 45.8 Å². The Morgan fingerprint density at radius 1 is 0.944 bits per heavy atom. The molecule has 0 aliphatic heterocycles. The van der Waals surface area contributed by atoms with Crippen LogP contribution in [-0.4, -0.2) is 5.11 Å². The minimum Gasteiger partial charge on any atom is -0.870 e. The van der Waals surface area contributed by atoms with Gasteiger partial charge in [0, 0.05) is 10.0 Å². The molecule has 0 aliphatic carbocycles. The number of benzene rings is 2. The average Bonchev–Trinajstić information content (AvgIpc) is 2.31. The van der Waals surface area contributed by atoms with Gasteiger partial charge in [0.05, 0.1) is 3.57 Å². The number of hydrogen-bond acceptors (Lipinski definition) is 2. The van der Waals surface area contributed by atoms with E-state index in [0.717, 1.165) is 3.57 Å². The van der Waals surface area contributed by atoms with Gasteiger partial charge in [-0.25, -0.2) is 0 Å². The minimum absolute atomic E-state index is 0. The van der Waals surface area contributed by atoms with Crippen LogP contribution in [0.3, 0.4) is 0 Å². The van der Waals surface area contributed by atoms with Gasteiger partial charge in [0.2, 0.25) is 0 Å². The SMILES string of the molecule is Oc1ccccc1I.[Na+].[O-]c1c(Cl)cccc1Cl. The molecule has 0 radical (unpaired) electrons. The summed E-state index contributed by atoms with van der Waals surface area (Å²) in [6, 6.07) is 11.9. The quantitative estimate of drug-likeness (QED) is 0.527. The second-order valence-corrected chi connectivity index (χ2v) is 4.98. The number of hydrogen-bond donors (Lipinski definition) is 1. The molecular weight excluding hydrogens is 397 g/mol. The number of aromatic hydroxyl groups is 1. The van der Waals surface area contributed by atoms with E-state index in [9.17, 15) is 5.11 Å². The first-order valence-corrected chi connectivity index (χ1v) is 6.40. The van der Waals surface area contributed by atoms with Gasteiger partial charge in [0.25, 0.3) is 0 Å².